The number of pyridine rings is 3. The van der Waals surface area contributed by atoms with E-state index < -0.39 is 0 Å². The van der Waals surface area contributed by atoms with Crippen molar-refractivity contribution in [1.82, 2.24) is 30.1 Å². The average Bonchev–Trinajstić information content (AvgIpc) is 3.74. The van der Waals surface area contributed by atoms with E-state index in [9.17, 15) is 4.79 Å². The van der Waals surface area contributed by atoms with E-state index in [1.807, 2.05) is 54.6 Å². The predicted octanol–water partition coefficient (Wildman–Crippen LogP) is 6.20. The molecule has 0 amide bonds. The Labute approximate surface area is 303 Å². The molecule has 266 valence electrons. The highest BCUT2D eigenvalue weighted by Gasteiger charge is 2.09. The number of benzene rings is 2. The van der Waals surface area contributed by atoms with E-state index in [2.05, 4.69) is 98.9 Å². The molecule has 0 aliphatic rings. The van der Waals surface area contributed by atoms with Crippen LogP contribution in [0.1, 0.15) is 76.8 Å². The number of nitrogens with two attached hydrogens (primary N) is 4. The highest BCUT2D eigenvalue weighted by atomic mass is 16.1. The van der Waals surface area contributed by atoms with Crippen molar-refractivity contribution in [3.05, 3.63) is 150 Å². The Bertz CT molecular complexity index is 1900. The number of carbonyl (C=O) groups is 1. The fourth-order valence-corrected chi connectivity index (χ4v) is 3.99. The third-order valence-electron chi connectivity index (χ3n) is 6.81. The second kappa shape index (κ2) is 22.9. The molecule has 51 heavy (non-hydrogen) atoms. The fourth-order valence-electron chi connectivity index (χ4n) is 3.99. The van der Waals surface area contributed by atoms with Crippen LogP contribution >= 0.6 is 0 Å². The van der Waals surface area contributed by atoms with Crippen molar-refractivity contribution in [2.24, 2.45) is 28.4 Å². The third kappa shape index (κ3) is 14.2. The molecule has 0 fully saturated rings. The molecule has 0 saturated carbocycles. The lowest BCUT2D eigenvalue weighted by Crippen LogP contribution is -2.16. The molecule has 9 N–H and O–H groups in total. The van der Waals surface area contributed by atoms with E-state index in [-0.39, 0.29) is 7.26 Å². The lowest BCUT2D eigenvalue weighted by atomic mass is 10.0. The monoisotopic (exact) mass is 694 g/mol. The van der Waals surface area contributed by atoms with E-state index in [1.54, 1.807) is 48.9 Å². The van der Waals surface area contributed by atoms with Gasteiger partial charge in [0.25, 0.3) is 0 Å². The number of nitrogens with one attached hydrogen (secondary N) is 1. The van der Waals surface area contributed by atoms with Gasteiger partial charge in [-0.2, -0.15) is 15.5 Å². The van der Waals surface area contributed by atoms with Gasteiger partial charge in [0.05, 0.1) is 0 Å². The molecule has 0 aliphatic heterocycles. The lowest BCUT2D eigenvalue weighted by Gasteiger charge is -2.04. The molecular weight excluding hydrogens is 641 g/mol. The molecule has 0 saturated heterocycles. The van der Waals surface area contributed by atoms with Crippen LogP contribution in [0.25, 0.3) is 22.9 Å². The quantitative estimate of drug-likeness (QED) is 0.0432. The molecule has 0 spiro atoms. The van der Waals surface area contributed by atoms with Crippen molar-refractivity contribution < 1.29 is 9.19 Å². The number of aromatic amines is 1. The zero-order chi connectivity index (χ0) is 39.4. The SMILES string of the molecule is CC(C)c1ccc(-c2n[nH]c(-c3ccccn3)n2)cc1.CC(C)c1ccc(C=O)cc1.N#Cc1ccccn1.N/N=C(\N)c1ccccn1.NN.[3HH].[3H][3H]. The standard InChI is InChI=1S/C16H16N4.C10H12O.C6H8N4.C6H4N2.H4N2.2H2/c1-11(2)12-6-8-13(9-7-12)15-18-16(20-19-15)14-5-3-4-10-17-14;1-8(2)10-5-3-9(7-11)4-6-10;7-6(10-8)5-3-1-2-4-9-5;7-5-6-3-1-2-4-8-6;1-2;;/h3-11H,1-2H3,(H,18,19,20);3-8H,1-2H3;1-4H,8H2,(H2,7,10);1-4H;1-2H2;2*1H/i;;;;;1+2T;1+2. The summed E-state index contributed by atoms with van der Waals surface area (Å²) < 4.78 is 10.0. The van der Waals surface area contributed by atoms with Crippen molar-refractivity contribution in [3.8, 4) is 29.0 Å². The van der Waals surface area contributed by atoms with Crippen LogP contribution in [-0.4, -0.2) is 42.3 Å². The summed E-state index contributed by atoms with van der Waals surface area (Å²) in [5, 5.41) is 18.7. The Morgan fingerprint density at radius 3 is 1.78 bits per heavy atom. The number of H-pyrrole nitrogens is 1. The molecule has 0 radical (unpaired) electrons. The maximum atomic E-state index is 10.3. The summed E-state index contributed by atoms with van der Waals surface area (Å²) in [5.74, 6) is 15.6. The van der Waals surface area contributed by atoms with Crippen molar-refractivity contribution in [2.45, 2.75) is 39.5 Å². The molecule has 0 atom stereocenters. The maximum Gasteiger partial charge on any atom is 0.181 e. The molecule has 0 aliphatic carbocycles. The fraction of sp³-hybridized carbons (Fsp3) is 0.158. The van der Waals surface area contributed by atoms with Gasteiger partial charge in [0.2, 0.25) is 0 Å². The summed E-state index contributed by atoms with van der Waals surface area (Å²) in [4.78, 5) is 26.7. The highest BCUT2D eigenvalue weighted by Crippen LogP contribution is 2.21. The number of amidine groups is 1. The first-order chi connectivity index (χ1) is 25.7. The number of hydrogen-bond donors (Lipinski definition) is 5. The minimum atomic E-state index is 0. The molecule has 13 heteroatoms. The third-order valence-corrected chi connectivity index (χ3v) is 6.81. The van der Waals surface area contributed by atoms with Crippen LogP contribution in [0.4, 0.5) is 0 Å². The zero-order valence-electron chi connectivity index (χ0n) is 31.1. The first-order valence-electron chi connectivity index (χ1n) is 16.8. The van der Waals surface area contributed by atoms with E-state index in [4.69, 9.17) is 19.8 Å². The van der Waals surface area contributed by atoms with E-state index in [1.165, 1.54) is 11.1 Å². The smallest absolute Gasteiger partial charge is 0.181 e. The average molecular weight is 695 g/mol. The number of nitriles is 1. The normalized spacial score (nSPS) is 10.2. The predicted molar refractivity (Wildman–Crippen MR) is 206 cm³/mol. The molecule has 6 aromatic rings. The second-order valence-electron chi connectivity index (χ2n) is 11.0. The second-order valence-corrected chi connectivity index (χ2v) is 11.0. The highest BCUT2D eigenvalue weighted by molar-refractivity contribution is 5.95. The van der Waals surface area contributed by atoms with Crippen LogP contribution < -0.4 is 23.3 Å². The van der Waals surface area contributed by atoms with Gasteiger partial charge in [0, 0.05) is 34.1 Å². The van der Waals surface area contributed by atoms with E-state index in [0.29, 0.717) is 34.9 Å². The summed E-state index contributed by atoms with van der Waals surface area (Å²) in [6.45, 7) is 8.63. The Morgan fingerprint density at radius 2 is 1.35 bits per heavy atom. The van der Waals surface area contributed by atoms with Crippen LogP contribution in [0, 0.1) is 11.3 Å². The Balaban J connectivity index is 0.000000712. The molecule has 6 rings (SSSR count). The van der Waals surface area contributed by atoms with Crippen molar-refractivity contribution in [3.63, 3.8) is 0 Å². The molecule has 4 aromatic heterocycles. The van der Waals surface area contributed by atoms with Crippen molar-refractivity contribution in [2.75, 3.05) is 0 Å². The Hall–Kier alpha value is -6.62. The van der Waals surface area contributed by atoms with E-state index >= 15 is 0 Å². The molecular formula is C38H48N12O. The molecule has 13 nitrogen and oxygen atoms in total. The number of hydrazone groups is 1. The van der Waals surface area contributed by atoms with Crippen molar-refractivity contribution >= 4 is 12.1 Å². The lowest BCUT2D eigenvalue weighted by molar-refractivity contribution is 0.112. The van der Waals surface area contributed by atoms with Crippen molar-refractivity contribution in [1.29, 1.82) is 5.26 Å². The minimum absolute atomic E-state index is 0. The molecule has 2 aromatic carbocycles. The molecule has 0 unspecified atom stereocenters. The van der Waals surface area contributed by atoms with Gasteiger partial charge in [-0.05, 0) is 59.4 Å². The first kappa shape index (κ1) is 38.8. The van der Waals surface area contributed by atoms with Gasteiger partial charge in [0.1, 0.15) is 29.4 Å². The molecule has 4 heterocycles. The van der Waals surface area contributed by atoms with Gasteiger partial charge in [-0.15, -0.1) is 0 Å². The number of carbonyl (C=O) groups excluding carboxylic acids is 1. The number of hydrogen-bond acceptors (Lipinski definition) is 11. The summed E-state index contributed by atoms with van der Waals surface area (Å²) >= 11 is 0. The maximum absolute atomic E-state index is 10.3. The van der Waals surface area contributed by atoms with Crippen LogP contribution in [0.5, 0.6) is 0 Å². The number of hydrazine groups is 1. The summed E-state index contributed by atoms with van der Waals surface area (Å²) in [5.41, 5.74) is 11.6. The van der Waals surface area contributed by atoms with Gasteiger partial charge in [-0.3, -0.25) is 31.5 Å². The topological polar surface area (TPSA) is 238 Å². The van der Waals surface area contributed by atoms with Crippen LogP contribution in [0.2, 0.25) is 0 Å². The largest absolute Gasteiger partial charge is 0.380 e. The van der Waals surface area contributed by atoms with Gasteiger partial charge in [-0.25, -0.2) is 9.97 Å². The number of aromatic nitrogens is 6. The number of rotatable bonds is 6. The van der Waals surface area contributed by atoms with Crippen LogP contribution in [0.15, 0.2) is 127 Å². The molecule has 0 bridgehead atoms. The van der Waals surface area contributed by atoms with Gasteiger partial charge >= 0.3 is 0 Å². The summed E-state index contributed by atoms with van der Waals surface area (Å²) in [6.07, 6.45) is 5.84. The number of aldehydes is 1. The first-order valence-corrected chi connectivity index (χ1v) is 15.8. The minimum Gasteiger partial charge on any atom is -0.380 e. The van der Waals surface area contributed by atoms with Crippen LogP contribution in [-0.2, 0) is 0 Å². The summed E-state index contributed by atoms with van der Waals surface area (Å²) in [6, 6.07) is 34.3. The summed E-state index contributed by atoms with van der Waals surface area (Å²) in [7, 11) is 0. The Kier molecular flexibility index (Phi) is 17.4. The van der Waals surface area contributed by atoms with Gasteiger partial charge in [0.15, 0.2) is 17.5 Å². The number of nitrogens with zero attached hydrogens (tertiary/aromatic N) is 7. The van der Waals surface area contributed by atoms with Crippen LogP contribution in [0.3, 0.4) is 0 Å². The van der Waals surface area contributed by atoms with E-state index in [0.717, 1.165) is 23.1 Å². The van der Waals surface area contributed by atoms with Gasteiger partial charge < -0.3 is 11.6 Å². The Morgan fingerprint density at radius 1 is 0.804 bits per heavy atom. The zero-order valence-corrected chi connectivity index (χ0v) is 29.1. The van der Waals surface area contributed by atoms with Gasteiger partial charge in [-0.1, -0.05) is 94.4 Å².